The second-order valence-corrected chi connectivity index (χ2v) is 7.27. The van der Waals surface area contributed by atoms with Gasteiger partial charge in [-0.15, -0.1) is 0 Å². The zero-order chi connectivity index (χ0) is 18.9. The van der Waals surface area contributed by atoms with Gasteiger partial charge in [0, 0.05) is 38.9 Å². The Morgan fingerprint density at radius 2 is 2.08 bits per heavy atom. The molecule has 0 atom stereocenters. The van der Waals surface area contributed by atoms with Crippen molar-refractivity contribution in [3.05, 3.63) is 35.1 Å². The monoisotopic (exact) mass is 364 g/mol. The summed E-state index contributed by atoms with van der Waals surface area (Å²) in [7, 11) is 5.89. The van der Waals surface area contributed by atoms with Crippen molar-refractivity contribution in [1.82, 2.24) is 15.1 Å². The second kappa shape index (κ2) is 10.5. The number of aliphatic imine (C=N–C) groups is 1. The summed E-state index contributed by atoms with van der Waals surface area (Å²) in [6.45, 7) is 6.36. The second-order valence-electron chi connectivity index (χ2n) is 7.27. The van der Waals surface area contributed by atoms with Crippen molar-refractivity contribution >= 4 is 5.96 Å². The van der Waals surface area contributed by atoms with Crippen LogP contribution in [0.15, 0.2) is 23.2 Å². The third-order valence-corrected chi connectivity index (χ3v) is 4.33. The Hall–Kier alpha value is -1.66. The molecule has 26 heavy (non-hydrogen) atoms. The van der Waals surface area contributed by atoms with E-state index in [0.717, 1.165) is 37.1 Å². The fourth-order valence-electron chi connectivity index (χ4n) is 2.67. The van der Waals surface area contributed by atoms with E-state index in [1.165, 1.54) is 18.9 Å². The van der Waals surface area contributed by atoms with E-state index in [-0.39, 0.29) is 5.82 Å². The van der Waals surface area contributed by atoms with Crippen LogP contribution in [-0.2, 0) is 17.8 Å². The fraction of sp³-hybridized carbons (Fsp3) is 0.650. The molecule has 0 unspecified atom stereocenters. The number of rotatable bonds is 10. The first-order valence-electron chi connectivity index (χ1n) is 9.48. The Morgan fingerprint density at radius 1 is 1.31 bits per heavy atom. The number of hydrogen-bond donors (Lipinski definition) is 1. The van der Waals surface area contributed by atoms with E-state index in [2.05, 4.69) is 17.1 Å². The van der Waals surface area contributed by atoms with Crippen molar-refractivity contribution in [2.24, 2.45) is 10.9 Å². The molecule has 0 radical (unpaired) electrons. The van der Waals surface area contributed by atoms with E-state index in [1.807, 2.05) is 32.1 Å². The van der Waals surface area contributed by atoms with Crippen LogP contribution < -0.4 is 5.32 Å². The molecule has 1 aromatic rings. The van der Waals surface area contributed by atoms with E-state index in [0.29, 0.717) is 25.3 Å². The summed E-state index contributed by atoms with van der Waals surface area (Å²) in [6.07, 6.45) is 2.63. The number of guanidine groups is 1. The zero-order valence-electron chi connectivity index (χ0n) is 16.6. The number of likely N-dealkylation sites (N-methyl/N-ethyl adjacent to an activating group) is 1. The number of hydrogen-bond acceptors (Lipinski definition) is 3. The average molecular weight is 365 g/mol. The highest BCUT2D eigenvalue weighted by Gasteiger charge is 2.21. The maximum absolute atomic E-state index is 13.9. The Morgan fingerprint density at radius 3 is 2.73 bits per heavy atom. The van der Waals surface area contributed by atoms with E-state index in [1.54, 1.807) is 6.07 Å². The molecule has 1 fully saturated rings. The highest BCUT2D eigenvalue weighted by molar-refractivity contribution is 5.79. The normalized spacial score (nSPS) is 14.8. The summed E-state index contributed by atoms with van der Waals surface area (Å²) < 4.78 is 19.6. The SMILES string of the molecule is CCNC(=NCc1ccc(F)c(CN(C)C)c1)N(C)CCOCC1CC1. The highest BCUT2D eigenvalue weighted by atomic mass is 19.1. The lowest BCUT2D eigenvalue weighted by atomic mass is 10.1. The van der Waals surface area contributed by atoms with Crippen molar-refractivity contribution in [3.8, 4) is 0 Å². The lowest BCUT2D eigenvalue weighted by Gasteiger charge is -2.22. The molecule has 1 N–H and O–H groups in total. The summed E-state index contributed by atoms with van der Waals surface area (Å²) >= 11 is 0. The first-order chi connectivity index (χ1) is 12.5. The molecule has 146 valence electrons. The molecule has 0 aromatic heterocycles. The minimum atomic E-state index is -0.164. The molecule has 1 aliphatic rings. The van der Waals surface area contributed by atoms with E-state index in [9.17, 15) is 4.39 Å². The van der Waals surface area contributed by atoms with Crippen LogP contribution in [0.25, 0.3) is 0 Å². The summed E-state index contributed by atoms with van der Waals surface area (Å²) in [5, 5.41) is 3.31. The zero-order valence-corrected chi connectivity index (χ0v) is 16.6. The van der Waals surface area contributed by atoms with Crippen molar-refractivity contribution in [3.63, 3.8) is 0 Å². The standard InChI is InChI=1S/C20H33FN4O/c1-5-22-20(25(4)10-11-26-15-16-6-7-16)23-13-17-8-9-19(21)18(12-17)14-24(2)3/h8-9,12,16H,5-7,10-11,13-15H2,1-4H3,(H,22,23). The quantitative estimate of drug-likeness (QED) is 0.394. The molecular formula is C20H33FN4O. The largest absolute Gasteiger partial charge is 0.379 e. The third kappa shape index (κ3) is 7.30. The van der Waals surface area contributed by atoms with Gasteiger partial charge in [-0.3, -0.25) is 0 Å². The van der Waals surface area contributed by atoms with Gasteiger partial charge >= 0.3 is 0 Å². The Balaban J connectivity index is 1.91. The van der Waals surface area contributed by atoms with Gasteiger partial charge in [-0.2, -0.15) is 0 Å². The van der Waals surface area contributed by atoms with Crippen LogP contribution in [0.5, 0.6) is 0 Å². The molecule has 0 bridgehead atoms. The minimum absolute atomic E-state index is 0.164. The molecule has 1 saturated carbocycles. The highest BCUT2D eigenvalue weighted by Crippen LogP contribution is 2.28. The van der Waals surface area contributed by atoms with Gasteiger partial charge in [0.05, 0.1) is 13.2 Å². The molecule has 5 nitrogen and oxygen atoms in total. The summed E-state index contributed by atoms with van der Waals surface area (Å²) in [6, 6.07) is 5.24. The third-order valence-electron chi connectivity index (χ3n) is 4.33. The first-order valence-corrected chi connectivity index (χ1v) is 9.48. The van der Waals surface area contributed by atoms with Crippen LogP contribution in [0, 0.1) is 11.7 Å². The summed E-state index contributed by atoms with van der Waals surface area (Å²) in [5.41, 5.74) is 1.71. The molecule has 6 heteroatoms. The molecule has 2 rings (SSSR count). The topological polar surface area (TPSA) is 40.1 Å². The predicted molar refractivity (Wildman–Crippen MR) is 105 cm³/mol. The average Bonchev–Trinajstić information content (AvgIpc) is 3.41. The molecule has 1 aromatic carbocycles. The van der Waals surface area contributed by atoms with Gasteiger partial charge in [0.1, 0.15) is 5.82 Å². The van der Waals surface area contributed by atoms with Crippen LogP contribution in [0.3, 0.4) is 0 Å². The number of benzene rings is 1. The van der Waals surface area contributed by atoms with Gasteiger partial charge in [0.15, 0.2) is 5.96 Å². The maximum Gasteiger partial charge on any atom is 0.194 e. The smallest absolute Gasteiger partial charge is 0.194 e. The van der Waals surface area contributed by atoms with Crippen LogP contribution in [0.4, 0.5) is 4.39 Å². The van der Waals surface area contributed by atoms with Crippen LogP contribution in [0.2, 0.25) is 0 Å². The lowest BCUT2D eigenvalue weighted by Crippen LogP contribution is -2.40. The number of nitrogens with one attached hydrogen (secondary N) is 1. The van der Waals surface area contributed by atoms with Crippen molar-refractivity contribution in [2.75, 3.05) is 47.4 Å². The number of nitrogens with zero attached hydrogens (tertiary/aromatic N) is 3. The Bertz CT molecular complexity index is 587. The molecule has 0 spiro atoms. The van der Waals surface area contributed by atoms with Gasteiger partial charge in [0.2, 0.25) is 0 Å². The van der Waals surface area contributed by atoms with Gasteiger partial charge in [-0.1, -0.05) is 6.07 Å². The van der Waals surface area contributed by atoms with Gasteiger partial charge < -0.3 is 19.9 Å². The van der Waals surface area contributed by atoms with Crippen LogP contribution >= 0.6 is 0 Å². The molecule has 0 aliphatic heterocycles. The Kier molecular flexibility index (Phi) is 8.32. The van der Waals surface area contributed by atoms with E-state index >= 15 is 0 Å². The fourth-order valence-corrected chi connectivity index (χ4v) is 2.67. The van der Waals surface area contributed by atoms with Crippen LogP contribution in [-0.4, -0.2) is 63.2 Å². The Labute approximate surface area is 157 Å². The van der Waals surface area contributed by atoms with Gasteiger partial charge in [-0.25, -0.2) is 9.38 Å². The molecule has 1 aliphatic carbocycles. The first kappa shape index (κ1) is 20.6. The lowest BCUT2D eigenvalue weighted by molar-refractivity contribution is 0.115. The predicted octanol–water partition coefficient (Wildman–Crippen LogP) is 2.71. The molecule has 0 heterocycles. The number of halogens is 1. The number of ether oxygens (including phenoxy) is 1. The molecule has 0 saturated heterocycles. The van der Waals surface area contributed by atoms with Crippen molar-refractivity contribution in [2.45, 2.75) is 32.9 Å². The maximum atomic E-state index is 13.9. The van der Waals surface area contributed by atoms with E-state index in [4.69, 9.17) is 9.73 Å². The minimum Gasteiger partial charge on any atom is -0.379 e. The van der Waals surface area contributed by atoms with Crippen LogP contribution in [0.1, 0.15) is 30.9 Å². The molecular weight excluding hydrogens is 331 g/mol. The van der Waals surface area contributed by atoms with Crippen molar-refractivity contribution in [1.29, 1.82) is 0 Å². The van der Waals surface area contributed by atoms with E-state index < -0.39 is 0 Å². The molecule has 0 amide bonds. The van der Waals surface area contributed by atoms with Gasteiger partial charge in [-0.05, 0) is 57.5 Å². The van der Waals surface area contributed by atoms with Gasteiger partial charge in [0.25, 0.3) is 0 Å². The summed E-state index contributed by atoms with van der Waals surface area (Å²) in [4.78, 5) is 8.75. The summed E-state index contributed by atoms with van der Waals surface area (Å²) in [5.74, 6) is 1.47. The van der Waals surface area contributed by atoms with Crippen molar-refractivity contribution < 1.29 is 9.13 Å².